The van der Waals surface area contributed by atoms with Crippen molar-refractivity contribution in [2.24, 2.45) is 5.73 Å². The van der Waals surface area contributed by atoms with E-state index in [0.717, 1.165) is 30.8 Å². The van der Waals surface area contributed by atoms with Gasteiger partial charge in [-0.25, -0.2) is 4.98 Å². The number of carbonyl (C=O) groups excluding carboxylic acids is 1. The molecule has 0 radical (unpaired) electrons. The van der Waals surface area contributed by atoms with Gasteiger partial charge in [-0.2, -0.15) is 0 Å². The zero-order valence-electron chi connectivity index (χ0n) is 10.6. The summed E-state index contributed by atoms with van der Waals surface area (Å²) < 4.78 is 0. The van der Waals surface area contributed by atoms with E-state index in [4.69, 9.17) is 5.73 Å². The van der Waals surface area contributed by atoms with Crippen LogP contribution in [0, 0.1) is 0 Å². The van der Waals surface area contributed by atoms with Gasteiger partial charge in [0.05, 0.1) is 10.6 Å². The van der Waals surface area contributed by atoms with Crippen molar-refractivity contribution in [1.82, 2.24) is 10.3 Å². The van der Waals surface area contributed by atoms with Crippen LogP contribution in [0.3, 0.4) is 0 Å². The predicted octanol–water partition coefficient (Wildman–Crippen LogP) is 1.56. The normalized spacial score (nSPS) is 27.3. The standard InChI is InChI=1S/C13H19N3OS/c1-2-16-13(12(14)17)7-6-10(9-13)18-11-5-3-4-8-15-11/h3-5,8,10,16H,2,6-7,9H2,1H3,(H2,14,17). The minimum Gasteiger partial charge on any atom is -0.368 e. The number of likely N-dealkylation sites (N-methyl/N-ethyl adjacent to an activating group) is 1. The van der Waals surface area contributed by atoms with E-state index in [0.29, 0.717) is 5.25 Å². The van der Waals surface area contributed by atoms with Crippen LogP contribution in [-0.2, 0) is 4.79 Å². The Hall–Kier alpha value is -1.07. The lowest BCUT2D eigenvalue weighted by Gasteiger charge is -2.26. The first kappa shape index (κ1) is 13.4. The Morgan fingerprint density at radius 1 is 1.67 bits per heavy atom. The van der Waals surface area contributed by atoms with Crippen LogP contribution in [0.2, 0.25) is 0 Å². The van der Waals surface area contributed by atoms with Gasteiger partial charge in [-0.15, -0.1) is 11.8 Å². The van der Waals surface area contributed by atoms with Crippen molar-refractivity contribution in [3.8, 4) is 0 Å². The monoisotopic (exact) mass is 265 g/mol. The van der Waals surface area contributed by atoms with Gasteiger partial charge < -0.3 is 11.1 Å². The van der Waals surface area contributed by atoms with Crippen LogP contribution >= 0.6 is 11.8 Å². The molecular weight excluding hydrogens is 246 g/mol. The Kier molecular flexibility index (Phi) is 4.24. The van der Waals surface area contributed by atoms with Gasteiger partial charge in [0, 0.05) is 11.4 Å². The average molecular weight is 265 g/mol. The second-order valence-electron chi connectivity index (χ2n) is 4.63. The summed E-state index contributed by atoms with van der Waals surface area (Å²) >= 11 is 1.74. The lowest BCUT2D eigenvalue weighted by molar-refractivity contribution is -0.124. The van der Waals surface area contributed by atoms with Crippen molar-refractivity contribution < 1.29 is 4.79 Å². The fourth-order valence-electron chi connectivity index (χ4n) is 2.50. The van der Waals surface area contributed by atoms with Gasteiger partial charge >= 0.3 is 0 Å². The number of aromatic nitrogens is 1. The van der Waals surface area contributed by atoms with Crippen molar-refractivity contribution >= 4 is 17.7 Å². The van der Waals surface area contributed by atoms with Crippen LogP contribution in [0.25, 0.3) is 0 Å². The maximum atomic E-state index is 11.6. The van der Waals surface area contributed by atoms with Gasteiger partial charge in [-0.3, -0.25) is 4.79 Å². The molecule has 2 unspecified atom stereocenters. The van der Waals surface area contributed by atoms with Gasteiger partial charge in [0.25, 0.3) is 0 Å². The molecule has 1 aromatic heterocycles. The van der Waals surface area contributed by atoms with Crippen LogP contribution in [0.5, 0.6) is 0 Å². The number of hydrogen-bond acceptors (Lipinski definition) is 4. The highest BCUT2D eigenvalue weighted by Gasteiger charge is 2.43. The molecule has 0 saturated heterocycles. The average Bonchev–Trinajstić information content (AvgIpc) is 2.76. The first-order valence-electron chi connectivity index (χ1n) is 6.29. The van der Waals surface area contributed by atoms with Crippen LogP contribution in [0.1, 0.15) is 26.2 Å². The third-order valence-corrected chi connectivity index (χ3v) is 4.60. The Balaban J connectivity index is 2.01. The first-order valence-corrected chi connectivity index (χ1v) is 7.17. The first-order chi connectivity index (χ1) is 8.66. The number of rotatable bonds is 5. The minimum absolute atomic E-state index is 0.228. The van der Waals surface area contributed by atoms with Crippen LogP contribution in [0.15, 0.2) is 29.4 Å². The molecule has 5 heteroatoms. The number of thioether (sulfide) groups is 1. The quantitative estimate of drug-likeness (QED) is 0.848. The van der Waals surface area contributed by atoms with Crippen molar-refractivity contribution in [3.05, 3.63) is 24.4 Å². The van der Waals surface area contributed by atoms with Gasteiger partial charge in [-0.1, -0.05) is 13.0 Å². The smallest absolute Gasteiger partial charge is 0.237 e. The number of primary amides is 1. The molecule has 18 heavy (non-hydrogen) atoms. The number of nitrogens with zero attached hydrogens (tertiary/aromatic N) is 1. The highest BCUT2D eigenvalue weighted by atomic mass is 32.2. The summed E-state index contributed by atoms with van der Waals surface area (Å²) in [5, 5.41) is 4.69. The Labute approximate surface area is 112 Å². The number of nitrogens with one attached hydrogen (secondary N) is 1. The summed E-state index contributed by atoms with van der Waals surface area (Å²) in [6, 6.07) is 5.89. The van der Waals surface area contributed by atoms with Crippen LogP contribution < -0.4 is 11.1 Å². The molecule has 1 fully saturated rings. The molecule has 1 amide bonds. The lowest BCUT2D eigenvalue weighted by atomic mass is 9.97. The lowest BCUT2D eigenvalue weighted by Crippen LogP contribution is -2.53. The van der Waals surface area contributed by atoms with E-state index in [2.05, 4.69) is 10.3 Å². The third kappa shape index (κ3) is 2.84. The summed E-state index contributed by atoms with van der Waals surface area (Å²) in [4.78, 5) is 16.0. The van der Waals surface area contributed by atoms with Crippen molar-refractivity contribution in [3.63, 3.8) is 0 Å². The van der Waals surface area contributed by atoms with Crippen molar-refractivity contribution in [1.29, 1.82) is 0 Å². The molecule has 2 rings (SSSR count). The topological polar surface area (TPSA) is 68.0 Å². The van der Waals surface area contributed by atoms with Crippen molar-refractivity contribution in [2.75, 3.05) is 6.54 Å². The van der Waals surface area contributed by atoms with Crippen LogP contribution in [0.4, 0.5) is 0 Å². The largest absolute Gasteiger partial charge is 0.368 e. The highest BCUT2D eigenvalue weighted by Crippen LogP contribution is 2.39. The molecule has 0 aromatic carbocycles. The van der Waals surface area contributed by atoms with Gasteiger partial charge in [0.15, 0.2) is 0 Å². The summed E-state index contributed by atoms with van der Waals surface area (Å²) in [5.41, 5.74) is 5.04. The molecule has 0 aliphatic heterocycles. The second-order valence-corrected chi connectivity index (χ2v) is 5.95. The molecule has 1 aliphatic carbocycles. The number of pyridine rings is 1. The number of amides is 1. The fraction of sp³-hybridized carbons (Fsp3) is 0.538. The third-order valence-electron chi connectivity index (χ3n) is 3.38. The molecule has 2 atom stereocenters. The number of hydrogen-bond donors (Lipinski definition) is 2. The molecule has 1 saturated carbocycles. The Morgan fingerprint density at radius 3 is 3.11 bits per heavy atom. The number of carbonyl (C=O) groups is 1. The maximum absolute atomic E-state index is 11.6. The van der Waals surface area contributed by atoms with E-state index >= 15 is 0 Å². The zero-order valence-corrected chi connectivity index (χ0v) is 11.4. The zero-order chi connectivity index (χ0) is 13.0. The molecule has 3 N–H and O–H groups in total. The summed E-state index contributed by atoms with van der Waals surface area (Å²) in [6.07, 6.45) is 4.40. The van der Waals surface area contributed by atoms with E-state index in [1.54, 1.807) is 18.0 Å². The highest BCUT2D eigenvalue weighted by molar-refractivity contribution is 7.99. The Bertz CT molecular complexity index is 412. The number of nitrogens with two attached hydrogens (primary N) is 1. The van der Waals surface area contributed by atoms with E-state index in [1.807, 2.05) is 25.1 Å². The van der Waals surface area contributed by atoms with Crippen molar-refractivity contribution in [2.45, 2.75) is 42.0 Å². The van der Waals surface area contributed by atoms with E-state index in [-0.39, 0.29) is 5.91 Å². The maximum Gasteiger partial charge on any atom is 0.237 e. The van der Waals surface area contributed by atoms with Gasteiger partial charge in [0.1, 0.15) is 0 Å². The molecule has 1 aromatic rings. The molecule has 0 spiro atoms. The SMILES string of the molecule is CCNC1(C(N)=O)CCC(Sc2ccccn2)C1. The summed E-state index contributed by atoms with van der Waals surface area (Å²) in [6.45, 7) is 2.77. The van der Waals surface area contributed by atoms with E-state index in [1.165, 1.54) is 0 Å². The van der Waals surface area contributed by atoms with Gasteiger partial charge in [0.2, 0.25) is 5.91 Å². The molecule has 4 nitrogen and oxygen atoms in total. The fourth-order valence-corrected chi connectivity index (χ4v) is 3.72. The Morgan fingerprint density at radius 2 is 2.50 bits per heavy atom. The van der Waals surface area contributed by atoms with E-state index < -0.39 is 5.54 Å². The second kappa shape index (κ2) is 5.71. The molecule has 1 aliphatic rings. The predicted molar refractivity (Wildman–Crippen MR) is 73.3 cm³/mol. The van der Waals surface area contributed by atoms with E-state index in [9.17, 15) is 4.79 Å². The van der Waals surface area contributed by atoms with Crippen LogP contribution in [-0.4, -0.2) is 28.2 Å². The summed E-state index contributed by atoms with van der Waals surface area (Å²) in [5.74, 6) is -0.228. The molecule has 0 bridgehead atoms. The minimum atomic E-state index is -0.513. The molecule has 1 heterocycles. The summed E-state index contributed by atoms with van der Waals surface area (Å²) in [7, 11) is 0. The van der Waals surface area contributed by atoms with Gasteiger partial charge in [-0.05, 0) is 37.9 Å². The molecule has 98 valence electrons. The molecular formula is C13H19N3OS.